The van der Waals surface area contributed by atoms with Crippen molar-refractivity contribution in [2.75, 3.05) is 18.8 Å². The Morgan fingerprint density at radius 1 is 1.10 bits per heavy atom. The van der Waals surface area contributed by atoms with Crippen molar-refractivity contribution >= 4 is 60.9 Å². The van der Waals surface area contributed by atoms with E-state index in [2.05, 4.69) is 20.2 Å². The van der Waals surface area contributed by atoms with E-state index in [1.807, 2.05) is 13.0 Å². The summed E-state index contributed by atoms with van der Waals surface area (Å²) in [6, 6.07) is 1.03. The first-order valence-corrected chi connectivity index (χ1v) is 16.5. The fourth-order valence-electron chi connectivity index (χ4n) is 5.11. The molecule has 0 aliphatic heterocycles. The van der Waals surface area contributed by atoms with Crippen LogP contribution >= 0.6 is 34.8 Å². The van der Waals surface area contributed by atoms with Gasteiger partial charge < -0.3 is 14.0 Å². The molecular weight excluding hydrogens is 681 g/mol. The van der Waals surface area contributed by atoms with Gasteiger partial charge >= 0.3 is 103 Å². The third kappa shape index (κ3) is 11.2. The molecule has 40 heavy (non-hydrogen) atoms. The van der Waals surface area contributed by atoms with Crippen LogP contribution in [0.1, 0.15) is 57.1 Å². The van der Waals surface area contributed by atoms with Crippen LogP contribution in [0.25, 0.3) is 0 Å². The summed E-state index contributed by atoms with van der Waals surface area (Å²) in [7, 11) is -8.82. The Morgan fingerprint density at radius 3 is 2.23 bits per heavy atom. The van der Waals surface area contributed by atoms with Crippen LogP contribution in [0.3, 0.4) is 0 Å². The van der Waals surface area contributed by atoms with Crippen LogP contribution in [0.2, 0.25) is 0 Å². The van der Waals surface area contributed by atoms with Gasteiger partial charge in [-0.2, -0.15) is 15.5 Å². The molecule has 2 saturated carbocycles. The summed E-state index contributed by atoms with van der Waals surface area (Å²) in [4.78, 5) is 2.11. The Hall–Kier alpha value is 2.22. The molecular formula is C21H29Cl3K2N6O6S2. The number of aromatic nitrogens is 2. The van der Waals surface area contributed by atoms with Crippen molar-refractivity contribution in [2.45, 2.75) is 85.0 Å². The summed E-state index contributed by atoms with van der Waals surface area (Å²) in [6.45, 7) is 3.11. The van der Waals surface area contributed by atoms with Crippen LogP contribution in [0.4, 0.5) is 5.82 Å². The minimum Gasteiger partial charge on any atom is -0.748 e. The SMILES string of the molecule is CCN(CCCS(=O)(=O)[O-])C1CCC(N=Nc2c(C#N)cnn2C2C(Cl)CC(S(=O)(=O)[O-])CC2Cl)C(Cl)C1.[K+].[K+]. The van der Waals surface area contributed by atoms with E-state index in [1.54, 1.807) is 0 Å². The van der Waals surface area contributed by atoms with Crippen LogP contribution in [-0.4, -0.2) is 92.9 Å². The Kier molecular flexibility index (Phi) is 17.9. The number of alkyl halides is 3. The van der Waals surface area contributed by atoms with E-state index in [4.69, 9.17) is 34.8 Å². The van der Waals surface area contributed by atoms with Crippen molar-refractivity contribution in [1.82, 2.24) is 14.7 Å². The van der Waals surface area contributed by atoms with E-state index in [-0.39, 0.29) is 151 Å². The number of nitrogens with zero attached hydrogens (tertiary/aromatic N) is 6. The molecule has 1 aromatic heterocycles. The minimum atomic E-state index is -4.56. The Bertz CT molecular complexity index is 1250. The van der Waals surface area contributed by atoms with Gasteiger partial charge in [0.05, 0.1) is 59.9 Å². The van der Waals surface area contributed by atoms with Gasteiger partial charge in [-0.05, 0) is 51.6 Å². The van der Waals surface area contributed by atoms with E-state index >= 15 is 0 Å². The summed E-state index contributed by atoms with van der Waals surface area (Å²) in [5.41, 5.74) is 0.130. The topological polar surface area (TPSA) is 184 Å². The second-order valence-corrected chi connectivity index (χ2v) is 14.4. The maximum Gasteiger partial charge on any atom is 1.00 e. The third-order valence-electron chi connectivity index (χ3n) is 7.07. The number of azo groups is 1. The first-order chi connectivity index (χ1) is 17.7. The van der Waals surface area contributed by atoms with Gasteiger partial charge in [-0.1, -0.05) is 6.92 Å². The molecule has 0 N–H and O–H groups in total. The van der Waals surface area contributed by atoms with Crippen molar-refractivity contribution in [3.05, 3.63) is 11.8 Å². The van der Waals surface area contributed by atoms with Crippen molar-refractivity contribution in [3.63, 3.8) is 0 Å². The van der Waals surface area contributed by atoms with Crippen molar-refractivity contribution in [1.29, 1.82) is 5.26 Å². The Labute approximate surface area is 335 Å². The molecule has 2 aliphatic rings. The summed E-state index contributed by atoms with van der Waals surface area (Å²) >= 11 is 19.5. The van der Waals surface area contributed by atoms with Gasteiger partial charge in [-0.3, -0.25) is 0 Å². The molecule has 19 heteroatoms. The molecule has 5 unspecified atom stereocenters. The molecule has 0 spiro atoms. The van der Waals surface area contributed by atoms with E-state index in [9.17, 15) is 31.2 Å². The first kappa shape index (κ1) is 40.2. The van der Waals surface area contributed by atoms with Crippen molar-refractivity contribution in [2.24, 2.45) is 10.2 Å². The van der Waals surface area contributed by atoms with Crippen LogP contribution < -0.4 is 103 Å². The van der Waals surface area contributed by atoms with Crippen molar-refractivity contribution < 1.29 is 129 Å². The fraction of sp³-hybridized carbons (Fsp3) is 0.810. The number of nitriles is 1. The zero-order valence-corrected chi connectivity index (χ0v) is 32.7. The second-order valence-electron chi connectivity index (χ2n) is 9.56. The fourth-order valence-corrected chi connectivity index (χ4v) is 8.14. The van der Waals surface area contributed by atoms with Gasteiger partial charge in [-0.15, -0.1) is 39.9 Å². The number of hydrogen-bond acceptors (Lipinski definition) is 11. The van der Waals surface area contributed by atoms with Gasteiger partial charge in [0.1, 0.15) is 11.6 Å². The molecule has 3 rings (SSSR count). The summed E-state index contributed by atoms with van der Waals surface area (Å²) in [5.74, 6) is -0.287. The van der Waals surface area contributed by atoms with Gasteiger partial charge in [0.25, 0.3) is 0 Å². The molecule has 0 radical (unpaired) electrons. The van der Waals surface area contributed by atoms with Crippen LogP contribution in [0.5, 0.6) is 0 Å². The molecule has 214 valence electrons. The number of hydrogen-bond donors (Lipinski definition) is 0. The Balaban J connectivity index is 0.00000400. The molecule has 12 nitrogen and oxygen atoms in total. The molecule has 1 heterocycles. The summed E-state index contributed by atoms with van der Waals surface area (Å²) in [5, 5.41) is 19.2. The average Bonchev–Trinajstić information content (AvgIpc) is 3.21. The first-order valence-electron chi connectivity index (χ1n) is 12.2. The quantitative estimate of drug-likeness (QED) is 0.106. The summed E-state index contributed by atoms with van der Waals surface area (Å²) < 4.78 is 68.6. The normalized spacial score (nSPS) is 29.5. The predicted molar refractivity (Wildman–Crippen MR) is 140 cm³/mol. The molecule has 0 saturated heterocycles. The van der Waals surface area contributed by atoms with E-state index in [0.717, 1.165) is 6.42 Å². The van der Waals surface area contributed by atoms with E-state index in [1.165, 1.54) is 10.9 Å². The van der Waals surface area contributed by atoms with Crippen molar-refractivity contribution in [3.8, 4) is 6.07 Å². The van der Waals surface area contributed by atoms with Crippen LogP contribution in [0.15, 0.2) is 16.4 Å². The molecule has 0 aromatic carbocycles. The molecule has 2 fully saturated rings. The molecule has 2 aliphatic carbocycles. The maximum atomic E-state index is 11.5. The number of halogens is 3. The Morgan fingerprint density at radius 2 is 1.73 bits per heavy atom. The van der Waals surface area contributed by atoms with Gasteiger partial charge in [0.15, 0.2) is 5.82 Å². The standard InChI is InChI=1S/C21H31Cl3N6O6S2.2K/c1-2-29(6-3-7-37(31,32)33)14-4-5-19(16(22)8-14)27-28-21-13(11-25)12-26-30(21)20-17(23)9-15(10-18(20)24)38(34,35)36;;/h12,14-20H,2-10H2,1H3,(H,31,32,33)(H,34,35,36);;/q;2*+1/p-2. The molecule has 1 aromatic rings. The minimum absolute atomic E-state index is 0. The summed E-state index contributed by atoms with van der Waals surface area (Å²) in [6.07, 6.45) is 3.24. The average molecular weight is 710 g/mol. The number of rotatable bonds is 10. The predicted octanol–water partition coefficient (Wildman–Crippen LogP) is -2.90. The van der Waals surface area contributed by atoms with E-state index < -0.39 is 48.0 Å². The molecule has 0 amide bonds. The largest absolute Gasteiger partial charge is 1.00 e. The zero-order valence-electron chi connectivity index (χ0n) is 22.6. The third-order valence-corrected chi connectivity index (χ3v) is 10.4. The van der Waals surface area contributed by atoms with Gasteiger partial charge in [-0.25, -0.2) is 21.5 Å². The van der Waals surface area contributed by atoms with Gasteiger partial charge in [0.2, 0.25) is 0 Å². The molecule has 0 bridgehead atoms. The van der Waals surface area contributed by atoms with Crippen LogP contribution in [0, 0.1) is 11.3 Å². The maximum absolute atomic E-state index is 11.5. The van der Waals surface area contributed by atoms with E-state index in [0.29, 0.717) is 25.9 Å². The van der Waals surface area contributed by atoms with Crippen LogP contribution in [-0.2, 0) is 20.2 Å². The smallest absolute Gasteiger partial charge is 0.748 e. The zero-order chi connectivity index (χ0) is 28.3. The molecule has 5 atom stereocenters. The monoisotopic (exact) mass is 708 g/mol. The second kappa shape index (κ2) is 17.8. The van der Waals surface area contributed by atoms with Gasteiger partial charge in [0, 0.05) is 11.8 Å².